The number of halogens is 3. The second kappa shape index (κ2) is 4.61. The first-order valence-corrected chi connectivity index (χ1v) is 5.28. The molecule has 3 N–H and O–H groups in total. The van der Waals surface area contributed by atoms with Gasteiger partial charge in [0.2, 0.25) is 6.79 Å². The monoisotopic (exact) mass is 277 g/mol. The van der Waals surface area contributed by atoms with Crippen molar-refractivity contribution in [2.75, 3.05) is 13.3 Å². The summed E-state index contributed by atoms with van der Waals surface area (Å²) in [6, 6.07) is 1.76. The summed E-state index contributed by atoms with van der Waals surface area (Å²) >= 11 is 0. The van der Waals surface area contributed by atoms with E-state index in [1.807, 2.05) is 0 Å². The molecule has 0 spiro atoms. The zero-order valence-corrected chi connectivity index (χ0v) is 9.53. The van der Waals surface area contributed by atoms with Gasteiger partial charge in [-0.1, -0.05) is 0 Å². The second-order valence-electron chi connectivity index (χ2n) is 3.92. The molecule has 0 aromatic heterocycles. The van der Waals surface area contributed by atoms with E-state index in [9.17, 15) is 18.0 Å². The van der Waals surface area contributed by atoms with Crippen molar-refractivity contribution in [3.05, 3.63) is 23.3 Å². The molecule has 1 aromatic carbocycles. The number of rotatable bonds is 3. The average Bonchev–Trinajstić information content (AvgIpc) is 2.74. The Morgan fingerprint density at radius 1 is 1.37 bits per heavy atom. The highest BCUT2D eigenvalue weighted by molar-refractivity contribution is 5.77. The Labute approximate surface area is 105 Å². The van der Waals surface area contributed by atoms with Crippen molar-refractivity contribution in [2.45, 2.75) is 12.1 Å². The van der Waals surface area contributed by atoms with Gasteiger partial charge in [-0.3, -0.25) is 4.79 Å². The predicted octanol–water partition coefficient (Wildman–Crippen LogP) is 1.56. The molecule has 2 rings (SSSR count). The van der Waals surface area contributed by atoms with Gasteiger partial charge in [0.05, 0.1) is 11.5 Å². The standard InChI is InChI=1S/C11H10F3NO4/c12-11(13,14)7-2-9-8(18-4-19-9)1-5(7)6(3-15)10(16)17/h1-2,6H,3-4,15H2,(H,16,17). The Morgan fingerprint density at radius 2 is 1.95 bits per heavy atom. The molecule has 5 nitrogen and oxygen atoms in total. The maximum Gasteiger partial charge on any atom is 0.416 e. The van der Waals surface area contributed by atoms with Gasteiger partial charge in [0, 0.05) is 6.54 Å². The smallest absolute Gasteiger partial charge is 0.416 e. The topological polar surface area (TPSA) is 81.8 Å². The fourth-order valence-electron chi connectivity index (χ4n) is 1.85. The number of carbonyl (C=O) groups is 1. The molecule has 0 aliphatic carbocycles. The van der Waals surface area contributed by atoms with Crippen molar-refractivity contribution in [3.63, 3.8) is 0 Å². The molecule has 1 unspecified atom stereocenters. The number of hydrogen-bond donors (Lipinski definition) is 2. The number of nitrogens with two attached hydrogens (primary N) is 1. The van der Waals surface area contributed by atoms with Gasteiger partial charge >= 0.3 is 12.1 Å². The highest BCUT2D eigenvalue weighted by Gasteiger charge is 2.38. The van der Waals surface area contributed by atoms with Crippen LogP contribution in [0.2, 0.25) is 0 Å². The van der Waals surface area contributed by atoms with Crippen molar-refractivity contribution < 1.29 is 32.5 Å². The highest BCUT2D eigenvalue weighted by atomic mass is 19.4. The fourth-order valence-corrected chi connectivity index (χ4v) is 1.85. The third-order valence-electron chi connectivity index (χ3n) is 2.76. The number of carboxylic acids is 1. The molecule has 1 aromatic rings. The lowest BCUT2D eigenvalue weighted by molar-refractivity contribution is -0.141. The van der Waals surface area contributed by atoms with Crippen molar-refractivity contribution in [3.8, 4) is 11.5 Å². The molecule has 1 heterocycles. The molecule has 1 aliphatic rings. The molecule has 104 valence electrons. The number of benzene rings is 1. The molecule has 0 amide bonds. The normalized spacial score (nSPS) is 15.4. The Kier molecular flexibility index (Phi) is 3.27. The minimum Gasteiger partial charge on any atom is -0.481 e. The molecule has 1 atom stereocenters. The van der Waals surface area contributed by atoms with Gasteiger partial charge < -0.3 is 20.3 Å². The van der Waals surface area contributed by atoms with E-state index in [4.69, 9.17) is 20.3 Å². The van der Waals surface area contributed by atoms with E-state index in [0.717, 1.165) is 12.1 Å². The SMILES string of the molecule is NCC(C(=O)O)c1cc2c(cc1C(F)(F)F)OCO2. The number of fused-ring (bicyclic) bond motifs is 1. The van der Waals surface area contributed by atoms with Gasteiger partial charge in [-0.15, -0.1) is 0 Å². The zero-order valence-electron chi connectivity index (χ0n) is 9.53. The summed E-state index contributed by atoms with van der Waals surface area (Å²) in [6.45, 7) is -0.644. The summed E-state index contributed by atoms with van der Waals surface area (Å²) in [4.78, 5) is 11.0. The third kappa shape index (κ3) is 2.43. The Balaban J connectivity index is 2.60. The quantitative estimate of drug-likeness (QED) is 0.876. The lowest BCUT2D eigenvalue weighted by atomic mass is 9.93. The molecule has 0 saturated heterocycles. The summed E-state index contributed by atoms with van der Waals surface area (Å²) in [5.74, 6) is -2.85. The Bertz CT molecular complexity index is 515. The van der Waals surface area contributed by atoms with Crippen LogP contribution in [-0.4, -0.2) is 24.4 Å². The van der Waals surface area contributed by atoms with Crippen molar-refractivity contribution in [1.82, 2.24) is 0 Å². The van der Waals surface area contributed by atoms with Crippen LogP contribution in [0.25, 0.3) is 0 Å². The van der Waals surface area contributed by atoms with E-state index < -0.39 is 35.7 Å². The van der Waals surface area contributed by atoms with Gasteiger partial charge in [0.25, 0.3) is 0 Å². The summed E-state index contributed by atoms with van der Waals surface area (Å²) in [5, 5.41) is 8.95. The summed E-state index contributed by atoms with van der Waals surface area (Å²) in [6.07, 6.45) is -4.70. The van der Waals surface area contributed by atoms with Crippen molar-refractivity contribution in [1.29, 1.82) is 0 Å². The maximum atomic E-state index is 12.9. The van der Waals surface area contributed by atoms with Crippen LogP contribution in [0.5, 0.6) is 11.5 Å². The highest BCUT2D eigenvalue weighted by Crippen LogP contribution is 2.43. The molecule has 0 fully saturated rings. The lowest BCUT2D eigenvalue weighted by Gasteiger charge is -2.18. The van der Waals surface area contributed by atoms with Crippen molar-refractivity contribution in [2.24, 2.45) is 5.73 Å². The summed E-state index contributed by atoms with van der Waals surface area (Å²) in [7, 11) is 0. The zero-order chi connectivity index (χ0) is 14.2. The number of carboxylic acid groups (broad SMARTS) is 1. The van der Waals surface area contributed by atoms with Gasteiger partial charge in [-0.25, -0.2) is 0 Å². The van der Waals surface area contributed by atoms with Crippen LogP contribution in [0.3, 0.4) is 0 Å². The Hall–Kier alpha value is -1.96. The van der Waals surface area contributed by atoms with Gasteiger partial charge in [0.1, 0.15) is 0 Å². The van der Waals surface area contributed by atoms with Crippen LogP contribution < -0.4 is 15.2 Å². The summed E-state index contributed by atoms with van der Waals surface area (Å²) in [5.41, 5.74) is 3.74. The van der Waals surface area contributed by atoms with E-state index in [-0.39, 0.29) is 18.3 Å². The minimum absolute atomic E-state index is 0.0581. The van der Waals surface area contributed by atoms with E-state index >= 15 is 0 Å². The molecule has 8 heteroatoms. The van der Waals surface area contributed by atoms with Crippen molar-refractivity contribution >= 4 is 5.97 Å². The van der Waals surface area contributed by atoms with Gasteiger partial charge in [-0.05, 0) is 17.7 Å². The van der Waals surface area contributed by atoms with Crippen LogP contribution >= 0.6 is 0 Å². The number of hydrogen-bond acceptors (Lipinski definition) is 4. The largest absolute Gasteiger partial charge is 0.481 e. The van der Waals surface area contributed by atoms with Crippen LogP contribution in [0.4, 0.5) is 13.2 Å². The maximum absolute atomic E-state index is 12.9. The summed E-state index contributed by atoms with van der Waals surface area (Å²) < 4.78 is 48.7. The molecule has 0 bridgehead atoms. The second-order valence-corrected chi connectivity index (χ2v) is 3.92. The first-order chi connectivity index (χ1) is 8.84. The molecule has 1 aliphatic heterocycles. The number of aliphatic carboxylic acids is 1. The third-order valence-corrected chi connectivity index (χ3v) is 2.76. The molecular formula is C11H10F3NO4. The molecule has 19 heavy (non-hydrogen) atoms. The van der Waals surface area contributed by atoms with Gasteiger partial charge in [0.15, 0.2) is 11.5 Å². The predicted molar refractivity (Wildman–Crippen MR) is 57.0 cm³/mol. The molecule has 0 radical (unpaired) electrons. The first kappa shape index (κ1) is 13.5. The van der Waals surface area contributed by atoms with E-state index in [1.54, 1.807) is 0 Å². The average molecular weight is 277 g/mol. The lowest BCUT2D eigenvalue weighted by Crippen LogP contribution is -2.24. The minimum atomic E-state index is -4.70. The first-order valence-electron chi connectivity index (χ1n) is 5.28. The fraction of sp³-hybridized carbons (Fsp3) is 0.364. The molecular weight excluding hydrogens is 267 g/mol. The number of ether oxygens (including phenoxy) is 2. The van der Waals surface area contributed by atoms with Gasteiger partial charge in [-0.2, -0.15) is 13.2 Å². The van der Waals surface area contributed by atoms with E-state index in [2.05, 4.69) is 0 Å². The Morgan fingerprint density at radius 3 is 2.42 bits per heavy atom. The van der Waals surface area contributed by atoms with Crippen LogP contribution in [0.1, 0.15) is 17.0 Å². The van der Waals surface area contributed by atoms with E-state index in [1.165, 1.54) is 0 Å². The van der Waals surface area contributed by atoms with Crippen LogP contribution in [0, 0.1) is 0 Å². The van der Waals surface area contributed by atoms with Crippen LogP contribution in [0.15, 0.2) is 12.1 Å². The van der Waals surface area contributed by atoms with Crippen LogP contribution in [-0.2, 0) is 11.0 Å². The number of alkyl halides is 3. The van der Waals surface area contributed by atoms with E-state index in [0.29, 0.717) is 0 Å². The molecule has 0 saturated carbocycles.